The summed E-state index contributed by atoms with van der Waals surface area (Å²) in [4.78, 5) is 1.18. The first kappa shape index (κ1) is 15.2. The van der Waals surface area contributed by atoms with Gasteiger partial charge >= 0.3 is 0 Å². The van der Waals surface area contributed by atoms with E-state index < -0.39 is 5.54 Å². The summed E-state index contributed by atoms with van der Waals surface area (Å²) in [7, 11) is 1.68. The van der Waals surface area contributed by atoms with E-state index in [1.165, 1.54) is 17.7 Å². The van der Waals surface area contributed by atoms with Gasteiger partial charge in [0, 0.05) is 16.2 Å². The zero-order valence-electron chi connectivity index (χ0n) is 12.3. The number of methoxy groups -OCH3 is 1. The molecule has 1 aromatic carbocycles. The predicted molar refractivity (Wildman–Crippen MR) is 83.1 cm³/mol. The molecule has 0 aliphatic heterocycles. The fourth-order valence-corrected chi connectivity index (χ4v) is 3.56. The number of hydrogen-bond acceptors (Lipinski definition) is 4. The van der Waals surface area contributed by atoms with Crippen molar-refractivity contribution in [2.24, 2.45) is 0 Å². The van der Waals surface area contributed by atoms with Gasteiger partial charge in [0.05, 0.1) is 13.2 Å². The number of hydrogen-bond donors (Lipinski definition) is 1. The lowest BCUT2D eigenvalue weighted by atomic mass is 9.98. The van der Waals surface area contributed by atoms with E-state index in [9.17, 15) is 5.26 Å². The molecular formula is C16H22N2OS. The van der Waals surface area contributed by atoms with Crippen LogP contribution >= 0.6 is 11.8 Å². The molecule has 3 nitrogen and oxygen atoms in total. The minimum absolute atomic E-state index is 0.373. The molecule has 1 aromatic rings. The number of ether oxygens (including phenoxy) is 1. The minimum Gasteiger partial charge on any atom is -0.497 e. The Morgan fingerprint density at radius 2 is 2.30 bits per heavy atom. The van der Waals surface area contributed by atoms with Gasteiger partial charge in [0.2, 0.25) is 0 Å². The maximum atomic E-state index is 9.42. The van der Waals surface area contributed by atoms with Gasteiger partial charge in [0.1, 0.15) is 11.3 Å². The summed E-state index contributed by atoms with van der Waals surface area (Å²) < 4.78 is 5.24. The van der Waals surface area contributed by atoms with Gasteiger partial charge in [-0.1, -0.05) is 13.0 Å². The van der Waals surface area contributed by atoms with Gasteiger partial charge in [-0.2, -0.15) is 5.26 Å². The van der Waals surface area contributed by atoms with Gasteiger partial charge < -0.3 is 4.74 Å². The third kappa shape index (κ3) is 4.43. The molecule has 1 N–H and O–H groups in total. The van der Waals surface area contributed by atoms with Crippen molar-refractivity contribution in [2.75, 3.05) is 7.11 Å². The standard InChI is InChI=1S/C16H22N2OS/c1-12(10-16(2,11-17)18-13-7-8-13)20-15-6-4-5-14(9-15)19-3/h4-6,9,12-13,18H,7-8,10H2,1-3H3. The van der Waals surface area contributed by atoms with Crippen LogP contribution in [0.25, 0.3) is 0 Å². The Hall–Kier alpha value is -1.18. The highest BCUT2D eigenvalue weighted by Crippen LogP contribution is 2.32. The average Bonchev–Trinajstić information content (AvgIpc) is 3.22. The lowest BCUT2D eigenvalue weighted by molar-refractivity contribution is 0.413. The van der Waals surface area contributed by atoms with Crippen molar-refractivity contribution >= 4 is 11.8 Å². The molecule has 0 aromatic heterocycles. The van der Waals surface area contributed by atoms with Crippen LogP contribution < -0.4 is 10.1 Å². The largest absolute Gasteiger partial charge is 0.497 e. The highest BCUT2D eigenvalue weighted by Gasteiger charge is 2.33. The Morgan fingerprint density at radius 3 is 2.90 bits per heavy atom. The second kappa shape index (κ2) is 6.51. The maximum Gasteiger partial charge on any atom is 0.119 e. The molecule has 0 radical (unpaired) electrons. The summed E-state index contributed by atoms with van der Waals surface area (Å²) in [6, 6.07) is 11.1. The van der Waals surface area contributed by atoms with E-state index in [1.54, 1.807) is 18.9 Å². The molecule has 20 heavy (non-hydrogen) atoms. The number of nitrogens with one attached hydrogen (secondary N) is 1. The van der Waals surface area contributed by atoms with Crippen molar-refractivity contribution in [2.45, 2.75) is 54.8 Å². The van der Waals surface area contributed by atoms with E-state index in [4.69, 9.17) is 4.74 Å². The second-order valence-electron chi connectivity index (χ2n) is 5.67. The van der Waals surface area contributed by atoms with Crippen LogP contribution in [0.1, 0.15) is 33.1 Å². The van der Waals surface area contributed by atoms with E-state index in [0.29, 0.717) is 11.3 Å². The molecule has 0 heterocycles. The van der Waals surface area contributed by atoms with E-state index in [1.807, 2.05) is 25.1 Å². The first-order chi connectivity index (χ1) is 9.54. The summed E-state index contributed by atoms with van der Waals surface area (Å²) in [5.41, 5.74) is -0.424. The maximum absolute atomic E-state index is 9.42. The van der Waals surface area contributed by atoms with E-state index in [0.717, 1.165) is 12.2 Å². The minimum atomic E-state index is -0.424. The molecule has 0 spiro atoms. The summed E-state index contributed by atoms with van der Waals surface area (Å²) in [6.07, 6.45) is 3.24. The third-order valence-corrected chi connectivity index (χ3v) is 4.52. The molecule has 1 aliphatic carbocycles. The highest BCUT2D eigenvalue weighted by atomic mass is 32.2. The smallest absolute Gasteiger partial charge is 0.119 e. The zero-order valence-corrected chi connectivity index (χ0v) is 13.2. The Morgan fingerprint density at radius 1 is 1.55 bits per heavy atom. The normalized spacial score (nSPS) is 18.9. The first-order valence-corrected chi connectivity index (χ1v) is 7.92. The SMILES string of the molecule is COc1cccc(SC(C)CC(C)(C#N)NC2CC2)c1. The second-order valence-corrected chi connectivity index (χ2v) is 7.19. The van der Waals surface area contributed by atoms with Crippen LogP contribution in [0.2, 0.25) is 0 Å². The topological polar surface area (TPSA) is 45.0 Å². The molecule has 1 aliphatic rings. The zero-order chi connectivity index (χ0) is 14.6. The summed E-state index contributed by atoms with van der Waals surface area (Å²) in [5, 5.41) is 13.2. The first-order valence-electron chi connectivity index (χ1n) is 7.04. The quantitative estimate of drug-likeness (QED) is 0.779. The molecule has 4 heteroatoms. The van der Waals surface area contributed by atoms with Gasteiger partial charge in [-0.15, -0.1) is 11.8 Å². The summed E-state index contributed by atoms with van der Waals surface area (Å²) in [6.45, 7) is 4.18. The van der Waals surface area contributed by atoms with Crippen LogP contribution in [0, 0.1) is 11.3 Å². The summed E-state index contributed by atoms with van der Waals surface area (Å²) in [5.74, 6) is 0.876. The van der Waals surface area contributed by atoms with Gasteiger partial charge in [-0.3, -0.25) is 5.32 Å². The molecule has 108 valence electrons. The highest BCUT2D eigenvalue weighted by molar-refractivity contribution is 7.99. The van der Waals surface area contributed by atoms with Gasteiger partial charge in [0.15, 0.2) is 0 Å². The number of thioether (sulfide) groups is 1. The van der Waals surface area contributed by atoms with Crippen molar-refractivity contribution in [1.29, 1.82) is 5.26 Å². The van der Waals surface area contributed by atoms with Gasteiger partial charge in [-0.25, -0.2) is 0 Å². The predicted octanol–water partition coefficient (Wildman–Crippen LogP) is 3.60. The Kier molecular flexibility index (Phi) is 4.95. The number of nitriles is 1. The van der Waals surface area contributed by atoms with Crippen LogP contribution in [0.3, 0.4) is 0 Å². The Balaban J connectivity index is 1.93. The Labute approximate surface area is 125 Å². The van der Waals surface area contributed by atoms with Crippen LogP contribution in [0.4, 0.5) is 0 Å². The van der Waals surface area contributed by atoms with E-state index in [2.05, 4.69) is 24.4 Å². The van der Waals surface area contributed by atoms with Crippen molar-refractivity contribution in [3.63, 3.8) is 0 Å². The molecule has 0 bridgehead atoms. The molecule has 2 atom stereocenters. The monoisotopic (exact) mass is 290 g/mol. The Bertz CT molecular complexity index is 495. The van der Waals surface area contributed by atoms with Crippen molar-refractivity contribution < 1.29 is 4.74 Å². The molecule has 2 unspecified atom stereocenters. The third-order valence-electron chi connectivity index (χ3n) is 3.42. The fourth-order valence-electron chi connectivity index (χ4n) is 2.34. The lowest BCUT2D eigenvalue weighted by Gasteiger charge is -2.26. The van der Waals surface area contributed by atoms with Crippen LogP contribution in [0.5, 0.6) is 5.75 Å². The number of nitrogens with zero attached hydrogens (tertiary/aromatic N) is 1. The van der Waals surface area contributed by atoms with Gasteiger partial charge in [0.25, 0.3) is 0 Å². The molecular weight excluding hydrogens is 268 g/mol. The molecule has 1 fully saturated rings. The lowest BCUT2D eigenvalue weighted by Crippen LogP contribution is -2.44. The molecule has 2 rings (SSSR count). The van der Waals surface area contributed by atoms with E-state index in [-0.39, 0.29) is 0 Å². The molecule has 0 amide bonds. The van der Waals surface area contributed by atoms with Crippen molar-refractivity contribution in [3.05, 3.63) is 24.3 Å². The van der Waals surface area contributed by atoms with Gasteiger partial charge in [-0.05, 0) is 44.4 Å². The van der Waals surface area contributed by atoms with Crippen LogP contribution in [-0.4, -0.2) is 23.9 Å². The van der Waals surface area contributed by atoms with Crippen molar-refractivity contribution in [3.8, 4) is 11.8 Å². The number of benzene rings is 1. The average molecular weight is 290 g/mol. The van der Waals surface area contributed by atoms with E-state index >= 15 is 0 Å². The number of rotatable bonds is 7. The van der Waals surface area contributed by atoms with Crippen LogP contribution in [-0.2, 0) is 0 Å². The van der Waals surface area contributed by atoms with Crippen LogP contribution in [0.15, 0.2) is 29.2 Å². The summed E-state index contributed by atoms with van der Waals surface area (Å²) >= 11 is 1.79. The molecule has 1 saturated carbocycles. The molecule has 0 saturated heterocycles. The fraction of sp³-hybridized carbons (Fsp3) is 0.562. The van der Waals surface area contributed by atoms with Crippen molar-refractivity contribution in [1.82, 2.24) is 5.32 Å².